The van der Waals surface area contributed by atoms with Crippen LogP contribution in [0.4, 0.5) is 17.3 Å². The first-order valence-electron chi connectivity index (χ1n) is 8.79. The Hall–Kier alpha value is -3.48. The van der Waals surface area contributed by atoms with Crippen LogP contribution in [0.2, 0.25) is 0 Å². The summed E-state index contributed by atoms with van der Waals surface area (Å²) in [7, 11) is 0. The molecule has 0 radical (unpaired) electrons. The Balaban J connectivity index is 1.57. The summed E-state index contributed by atoms with van der Waals surface area (Å²) in [6, 6.07) is 13.2. The number of aryl methyl sites for hydroxylation is 1. The molecule has 1 aliphatic rings. The van der Waals surface area contributed by atoms with E-state index in [1.165, 1.54) is 0 Å². The maximum absolute atomic E-state index is 12.6. The minimum Gasteiger partial charge on any atom is -0.368 e. The van der Waals surface area contributed by atoms with E-state index in [0.717, 1.165) is 41.3 Å². The third-order valence-electron chi connectivity index (χ3n) is 4.52. The highest BCUT2D eigenvalue weighted by atomic mass is 16.1. The van der Waals surface area contributed by atoms with Crippen LogP contribution in [0.25, 0.3) is 0 Å². The molecule has 1 aromatic carbocycles. The standard InChI is InChI=1S/C20H20N6O/c1-13-9-16(26-8-7-17-14(12-26)11-22-20(21)25-17)10-18(23-13)19(27)24-15-5-3-2-4-6-15/h2-6,9-11H,7-8,12H2,1H3,(H,24,27)(H2,21,22,25). The molecule has 3 aromatic rings. The van der Waals surface area contributed by atoms with E-state index in [2.05, 4.69) is 25.2 Å². The number of nitrogens with zero attached hydrogens (tertiary/aromatic N) is 4. The molecular formula is C20H20N6O. The number of anilines is 3. The van der Waals surface area contributed by atoms with Crippen molar-refractivity contribution >= 4 is 23.2 Å². The van der Waals surface area contributed by atoms with Crippen LogP contribution in [-0.4, -0.2) is 27.4 Å². The van der Waals surface area contributed by atoms with Gasteiger partial charge in [0.05, 0.1) is 5.69 Å². The van der Waals surface area contributed by atoms with E-state index in [0.29, 0.717) is 18.2 Å². The lowest BCUT2D eigenvalue weighted by Gasteiger charge is -2.30. The van der Waals surface area contributed by atoms with E-state index in [1.54, 1.807) is 6.20 Å². The number of carbonyl (C=O) groups is 1. The first kappa shape index (κ1) is 17.0. The molecule has 0 atom stereocenters. The van der Waals surface area contributed by atoms with Gasteiger partial charge in [0.2, 0.25) is 5.95 Å². The van der Waals surface area contributed by atoms with Crippen LogP contribution in [0.15, 0.2) is 48.7 Å². The minimum absolute atomic E-state index is 0.223. The summed E-state index contributed by atoms with van der Waals surface area (Å²) in [6.45, 7) is 3.37. The van der Waals surface area contributed by atoms with Gasteiger partial charge in [-0.15, -0.1) is 0 Å². The Labute approximate surface area is 157 Å². The number of amides is 1. The maximum atomic E-state index is 12.6. The van der Waals surface area contributed by atoms with Gasteiger partial charge in [0, 0.05) is 48.3 Å². The fraction of sp³-hybridized carbons (Fsp3) is 0.200. The van der Waals surface area contributed by atoms with Crippen molar-refractivity contribution in [3.05, 3.63) is 71.3 Å². The van der Waals surface area contributed by atoms with Gasteiger partial charge in [-0.2, -0.15) is 0 Å². The monoisotopic (exact) mass is 360 g/mol. The third kappa shape index (κ3) is 3.72. The van der Waals surface area contributed by atoms with Crippen molar-refractivity contribution in [2.75, 3.05) is 22.5 Å². The number of nitrogens with two attached hydrogens (primary N) is 1. The van der Waals surface area contributed by atoms with Crippen molar-refractivity contribution in [3.8, 4) is 0 Å². The van der Waals surface area contributed by atoms with Crippen molar-refractivity contribution in [1.82, 2.24) is 15.0 Å². The van der Waals surface area contributed by atoms with Crippen LogP contribution in [-0.2, 0) is 13.0 Å². The number of para-hydroxylation sites is 1. The predicted molar refractivity (Wildman–Crippen MR) is 105 cm³/mol. The molecule has 136 valence electrons. The Bertz CT molecular complexity index is 989. The van der Waals surface area contributed by atoms with Gasteiger partial charge in [0.25, 0.3) is 5.91 Å². The molecule has 0 saturated heterocycles. The van der Waals surface area contributed by atoms with E-state index < -0.39 is 0 Å². The Kier molecular flexibility index (Phi) is 4.42. The largest absolute Gasteiger partial charge is 0.368 e. The second kappa shape index (κ2) is 7.03. The smallest absolute Gasteiger partial charge is 0.274 e. The second-order valence-electron chi connectivity index (χ2n) is 6.54. The SMILES string of the molecule is Cc1cc(N2CCc3nc(N)ncc3C2)cc(C(=O)Nc2ccccc2)n1. The van der Waals surface area contributed by atoms with E-state index in [-0.39, 0.29) is 5.91 Å². The molecule has 0 unspecified atom stereocenters. The van der Waals surface area contributed by atoms with Crippen molar-refractivity contribution in [2.45, 2.75) is 19.9 Å². The van der Waals surface area contributed by atoms with Gasteiger partial charge >= 0.3 is 0 Å². The van der Waals surface area contributed by atoms with E-state index in [4.69, 9.17) is 5.73 Å². The first-order chi connectivity index (χ1) is 13.1. The van der Waals surface area contributed by atoms with Gasteiger partial charge in [-0.3, -0.25) is 4.79 Å². The third-order valence-corrected chi connectivity index (χ3v) is 4.52. The number of hydrogen-bond acceptors (Lipinski definition) is 6. The first-order valence-corrected chi connectivity index (χ1v) is 8.79. The molecule has 2 aromatic heterocycles. The molecule has 0 saturated carbocycles. The molecule has 0 aliphatic carbocycles. The average molecular weight is 360 g/mol. The normalized spacial score (nSPS) is 13.1. The summed E-state index contributed by atoms with van der Waals surface area (Å²) in [5.74, 6) is 0.0847. The zero-order valence-corrected chi connectivity index (χ0v) is 15.0. The van der Waals surface area contributed by atoms with Gasteiger partial charge in [-0.25, -0.2) is 15.0 Å². The van der Waals surface area contributed by atoms with Gasteiger partial charge < -0.3 is 16.0 Å². The summed E-state index contributed by atoms with van der Waals surface area (Å²) in [6.07, 6.45) is 2.57. The summed E-state index contributed by atoms with van der Waals surface area (Å²) in [4.78, 5) is 27.6. The second-order valence-corrected chi connectivity index (χ2v) is 6.54. The average Bonchev–Trinajstić information content (AvgIpc) is 2.68. The summed E-state index contributed by atoms with van der Waals surface area (Å²) in [5, 5.41) is 2.88. The number of pyridine rings is 1. The zero-order valence-electron chi connectivity index (χ0n) is 15.0. The summed E-state index contributed by atoms with van der Waals surface area (Å²) in [5.41, 5.74) is 10.6. The molecule has 7 heteroatoms. The van der Waals surface area contributed by atoms with Crippen LogP contribution in [0.3, 0.4) is 0 Å². The topological polar surface area (TPSA) is 97.0 Å². The lowest BCUT2D eigenvalue weighted by Crippen LogP contribution is -2.31. The maximum Gasteiger partial charge on any atom is 0.274 e. The van der Waals surface area contributed by atoms with Crippen molar-refractivity contribution in [3.63, 3.8) is 0 Å². The van der Waals surface area contributed by atoms with E-state index >= 15 is 0 Å². The van der Waals surface area contributed by atoms with Crippen LogP contribution in [0.5, 0.6) is 0 Å². The number of carbonyl (C=O) groups excluding carboxylic acids is 1. The van der Waals surface area contributed by atoms with Crippen LogP contribution in [0, 0.1) is 6.92 Å². The number of benzene rings is 1. The highest BCUT2D eigenvalue weighted by Gasteiger charge is 2.20. The summed E-state index contributed by atoms with van der Waals surface area (Å²) >= 11 is 0. The summed E-state index contributed by atoms with van der Waals surface area (Å²) < 4.78 is 0. The fourth-order valence-electron chi connectivity index (χ4n) is 3.22. The predicted octanol–water partition coefficient (Wildman–Crippen LogP) is 2.58. The molecule has 0 spiro atoms. The molecule has 7 nitrogen and oxygen atoms in total. The zero-order chi connectivity index (χ0) is 18.8. The molecule has 0 bridgehead atoms. The minimum atomic E-state index is -0.223. The molecule has 3 heterocycles. The van der Waals surface area contributed by atoms with Crippen molar-refractivity contribution < 1.29 is 4.79 Å². The van der Waals surface area contributed by atoms with Crippen LogP contribution < -0.4 is 16.0 Å². The molecular weight excluding hydrogens is 340 g/mol. The van der Waals surface area contributed by atoms with Crippen LogP contribution >= 0.6 is 0 Å². The quantitative estimate of drug-likeness (QED) is 0.745. The van der Waals surface area contributed by atoms with Crippen molar-refractivity contribution in [1.29, 1.82) is 0 Å². The van der Waals surface area contributed by atoms with Gasteiger partial charge in [0.15, 0.2) is 0 Å². The molecule has 4 rings (SSSR count). The number of nitrogens with one attached hydrogen (secondary N) is 1. The van der Waals surface area contributed by atoms with E-state index in [1.807, 2.05) is 49.4 Å². The van der Waals surface area contributed by atoms with Crippen LogP contribution in [0.1, 0.15) is 27.4 Å². The van der Waals surface area contributed by atoms with E-state index in [9.17, 15) is 4.79 Å². The van der Waals surface area contributed by atoms with Crippen molar-refractivity contribution in [2.24, 2.45) is 0 Å². The number of fused-ring (bicyclic) bond motifs is 1. The molecule has 0 fully saturated rings. The number of aromatic nitrogens is 3. The Morgan fingerprint density at radius 1 is 1.19 bits per heavy atom. The molecule has 27 heavy (non-hydrogen) atoms. The highest BCUT2D eigenvalue weighted by Crippen LogP contribution is 2.25. The Morgan fingerprint density at radius 2 is 2.00 bits per heavy atom. The number of hydrogen-bond donors (Lipinski definition) is 2. The van der Waals surface area contributed by atoms with Gasteiger partial charge in [-0.05, 0) is 31.2 Å². The van der Waals surface area contributed by atoms with Gasteiger partial charge in [0.1, 0.15) is 5.69 Å². The highest BCUT2D eigenvalue weighted by molar-refractivity contribution is 6.03. The molecule has 1 amide bonds. The van der Waals surface area contributed by atoms with Gasteiger partial charge in [-0.1, -0.05) is 18.2 Å². The Morgan fingerprint density at radius 3 is 2.81 bits per heavy atom. The lowest BCUT2D eigenvalue weighted by molar-refractivity contribution is 0.102. The lowest BCUT2D eigenvalue weighted by atomic mass is 10.1. The number of rotatable bonds is 3. The number of nitrogen functional groups attached to an aromatic ring is 1. The molecule has 3 N–H and O–H groups in total. The molecule has 1 aliphatic heterocycles. The fourth-order valence-corrected chi connectivity index (χ4v) is 3.22.